The fraction of sp³-hybridized carbons (Fsp3) is 0.545. The third-order valence-corrected chi connectivity index (χ3v) is 2.89. The van der Waals surface area contributed by atoms with Crippen molar-refractivity contribution in [1.29, 1.82) is 0 Å². The molecule has 1 aromatic rings. The molecule has 0 aromatic carbocycles. The summed E-state index contributed by atoms with van der Waals surface area (Å²) >= 11 is 1.45. The van der Waals surface area contributed by atoms with Crippen LogP contribution >= 0.6 is 11.3 Å². The van der Waals surface area contributed by atoms with Crippen LogP contribution in [0.3, 0.4) is 0 Å². The SMILES string of the molecule is CC(C)(C)N(CC(=O)O)C(=O)NCc1cscn1. The van der Waals surface area contributed by atoms with Crippen LogP contribution < -0.4 is 5.32 Å². The Morgan fingerprint density at radius 3 is 2.61 bits per heavy atom. The summed E-state index contributed by atoms with van der Waals surface area (Å²) in [5.41, 5.74) is 1.89. The first kappa shape index (κ1) is 14.4. The summed E-state index contributed by atoms with van der Waals surface area (Å²) in [6.07, 6.45) is 0. The molecule has 0 bridgehead atoms. The average molecular weight is 271 g/mol. The minimum atomic E-state index is -1.03. The van der Waals surface area contributed by atoms with Crippen LogP contribution in [0.1, 0.15) is 26.5 Å². The molecule has 2 N–H and O–H groups in total. The summed E-state index contributed by atoms with van der Waals surface area (Å²) in [6, 6.07) is -0.405. The molecular formula is C11H17N3O3S. The second-order valence-corrected chi connectivity index (χ2v) is 5.51. The van der Waals surface area contributed by atoms with Crippen LogP contribution in [-0.4, -0.2) is 39.1 Å². The van der Waals surface area contributed by atoms with Gasteiger partial charge in [0.05, 0.1) is 17.7 Å². The second kappa shape index (κ2) is 5.81. The lowest BCUT2D eigenvalue weighted by Gasteiger charge is -2.34. The lowest BCUT2D eigenvalue weighted by atomic mass is 10.1. The van der Waals surface area contributed by atoms with E-state index in [1.165, 1.54) is 16.2 Å². The van der Waals surface area contributed by atoms with E-state index >= 15 is 0 Å². The number of urea groups is 1. The highest BCUT2D eigenvalue weighted by Crippen LogP contribution is 2.13. The summed E-state index contributed by atoms with van der Waals surface area (Å²) in [6.45, 7) is 5.34. The number of carboxylic acids is 1. The van der Waals surface area contributed by atoms with E-state index in [0.717, 1.165) is 5.69 Å². The van der Waals surface area contributed by atoms with Crippen molar-refractivity contribution in [3.8, 4) is 0 Å². The van der Waals surface area contributed by atoms with E-state index in [0.29, 0.717) is 6.54 Å². The fourth-order valence-electron chi connectivity index (χ4n) is 1.34. The zero-order valence-corrected chi connectivity index (χ0v) is 11.5. The lowest BCUT2D eigenvalue weighted by molar-refractivity contribution is -0.138. The van der Waals surface area contributed by atoms with E-state index in [-0.39, 0.29) is 6.54 Å². The van der Waals surface area contributed by atoms with Gasteiger partial charge in [0.2, 0.25) is 0 Å². The molecule has 0 saturated heterocycles. The molecule has 0 saturated carbocycles. The molecule has 0 aliphatic heterocycles. The van der Waals surface area contributed by atoms with Gasteiger partial charge in [-0.2, -0.15) is 0 Å². The molecule has 1 heterocycles. The number of hydrogen-bond acceptors (Lipinski definition) is 4. The summed E-state index contributed by atoms with van der Waals surface area (Å²) < 4.78 is 0. The zero-order chi connectivity index (χ0) is 13.8. The Morgan fingerprint density at radius 1 is 1.50 bits per heavy atom. The van der Waals surface area contributed by atoms with Crippen LogP contribution in [0.2, 0.25) is 0 Å². The highest BCUT2D eigenvalue weighted by Gasteiger charge is 2.28. The number of nitrogens with zero attached hydrogens (tertiary/aromatic N) is 2. The molecule has 0 aliphatic rings. The largest absolute Gasteiger partial charge is 0.480 e. The maximum atomic E-state index is 11.9. The third kappa shape index (κ3) is 4.33. The average Bonchev–Trinajstić information content (AvgIpc) is 2.73. The minimum absolute atomic E-state index is 0.300. The van der Waals surface area contributed by atoms with Crippen LogP contribution in [0, 0.1) is 0 Å². The number of carbonyl (C=O) groups is 2. The van der Waals surface area contributed by atoms with E-state index in [2.05, 4.69) is 10.3 Å². The van der Waals surface area contributed by atoms with Gasteiger partial charge in [0.25, 0.3) is 0 Å². The molecule has 0 spiro atoms. The van der Waals surface area contributed by atoms with Crippen LogP contribution in [0.25, 0.3) is 0 Å². The van der Waals surface area contributed by atoms with Gasteiger partial charge in [-0.15, -0.1) is 11.3 Å². The van der Waals surface area contributed by atoms with Gasteiger partial charge in [-0.1, -0.05) is 0 Å². The fourth-order valence-corrected chi connectivity index (χ4v) is 1.89. The number of nitrogens with one attached hydrogen (secondary N) is 1. The van der Waals surface area contributed by atoms with Gasteiger partial charge in [0.1, 0.15) is 6.54 Å². The smallest absolute Gasteiger partial charge is 0.323 e. The maximum Gasteiger partial charge on any atom is 0.323 e. The Bertz CT molecular complexity index is 412. The van der Waals surface area contributed by atoms with Crippen molar-refractivity contribution in [3.05, 3.63) is 16.6 Å². The van der Waals surface area contributed by atoms with Gasteiger partial charge in [-0.05, 0) is 20.8 Å². The topological polar surface area (TPSA) is 82.5 Å². The Hall–Kier alpha value is -1.63. The van der Waals surface area contributed by atoms with Crippen LogP contribution in [0.15, 0.2) is 10.9 Å². The maximum absolute atomic E-state index is 11.9. The van der Waals surface area contributed by atoms with E-state index in [1.54, 1.807) is 26.3 Å². The molecule has 0 unspecified atom stereocenters. The summed E-state index contributed by atoms with van der Waals surface area (Å²) in [5.74, 6) is -1.03. The molecule has 0 radical (unpaired) electrons. The van der Waals surface area contributed by atoms with Gasteiger partial charge < -0.3 is 15.3 Å². The molecule has 2 amide bonds. The zero-order valence-electron chi connectivity index (χ0n) is 10.6. The molecule has 18 heavy (non-hydrogen) atoms. The van der Waals surface area contributed by atoms with E-state index < -0.39 is 17.5 Å². The van der Waals surface area contributed by atoms with Gasteiger partial charge in [-0.25, -0.2) is 9.78 Å². The highest BCUT2D eigenvalue weighted by molar-refractivity contribution is 7.07. The Labute approximate surface area is 110 Å². The van der Waals surface area contributed by atoms with Crippen molar-refractivity contribution in [3.63, 3.8) is 0 Å². The number of aromatic nitrogens is 1. The standard InChI is InChI=1S/C11H17N3O3S/c1-11(2,3)14(5-9(15)16)10(17)12-4-8-6-18-7-13-8/h6-7H,4-5H2,1-3H3,(H,12,17)(H,15,16). The molecule has 1 rings (SSSR count). The number of carbonyl (C=O) groups excluding carboxylic acids is 1. The van der Waals surface area contributed by atoms with Crippen molar-refractivity contribution < 1.29 is 14.7 Å². The quantitative estimate of drug-likeness (QED) is 0.870. The lowest BCUT2D eigenvalue weighted by Crippen LogP contribution is -2.52. The first-order chi connectivity index (χ1) is 8.30. The molecule has 1 aromatic heterocycles. The van der Waals surface area contributed by atoms with Gasteiger partial charge in [-0.3, -0.25) is 4.79 Å². The number of thiazole rings is 1. The van der Waals surface area contributed by atoms with E-state index in [1.807, 2.05) is 5.38 Å². The highest BCUT2D eigenvalue weighted by atomic mass is 32.1. The Balaban J connectivity index is 2.62. The van der Waals surface area contributed by atoms with Crippen LogP contribution in [0.4, 0.5) is 4.79 Å². The van der Waals surface area contributed by atoms with Gasteiger partial charge >= 0.3 is 12.0 Å². The molecular weight excluding hydrogens is 254 g/mol. The van der Waals surface area contributed by atoms with Crippen molar-refractivity contribution in [2.24, 2.45) is 0 Å². The van der Waals surface area contributed by atoms with Crippen LogP contribution in [-0.2, 0) is 11.3 Å². The molecule has 7 heteroatoms. The predicted octanol–water partition coefficient (Wildman–Crippen LogP) is 1.54. The van der Waals surface area contributed by atoms with Crippen molar-refractivity contribution in [1.82, 2.24) is 15.2 Å². The van der Waals surface area contributed by atoms with Crippen LogP contribution in [0.5, 0.6) is 0 Å². The Kier molecular flexibility index (Phi) is 4.66. The third-order valence-electron chi connectivity index (χ3n) is 2.25. The number of carboxylic acid groups (broad SMARTS) is 1. The first-order valence-corrected chi connectivity index (χ1v) is 6.39. The second-order valence-electron chi connectivity index (χ2n) is 4.79. The minimum Gasteiger partial charge on any atom is -0.480 e. The van der Waals surface area contributed by atoms with Crippen molar-refractivity contribution in [2.45, 2.75) is 32.9 Å². The van der Waals surface area contributed by atoms with Crippen molar-refractivity contribution in [2.75, 3.05) is 6.54 Å². The number of hydrogen-bond donors (Lipinski definition) is 2. The van der Waals surface area contributed by atoms with E-state index in [4.69, 9.17) is 5.11 Å². The van der Waals surface area contributed by atoms with E-state index in [9.17, 15) is 9.59 Å². The summed E-state index contributed by atoms with van der Waals surface area (Å²) in [4.78, 5) is 28.0. The molecule has 0 atom stereocenters. The molecule has 100 valence electrons. The molecule has 0 aliphatic carbocycles. The number of rotatable bonds is 4. The van der Waals surface area contributed by atoms with Gasteiger partial charge in [0.15, 0.2) is 0 Å². The first-order valence-electron chi connectivity index (χ1n) is 5.45. The molecule has 6 nitrogen and oxygen atoms in total. The normalized spacial score (nSPS) is 11.1. The molecule has 0 fully saturated rings. The summed E-state index contributed by atoms with van der Waals surface area (Å²) in [5, 5.41) is 13.3. The monoisotopic (exact) mass is 271 g/mol. The van der Waals surface area contributed by atoms with Crippen molar-refractivity contribution >= 4 is 23.3 Å². The number of aliphatic carboxylic acids is 1. The van der Waals surface area contributed by atoms with Gasteiger partial charge in [0, 0.05) is 10.9 Å². The number of amides is 2. The summed E-state index contributed by atoms with van der Waals surface area (Å²) in [7, 11) is 0. The Morgan fingerprint density at radius 2 is 2.17 bits per heavy atom. The predicted molar refractivity (Wildman–Crippen MR) is 68.4 cm³/mol.